The first-order chi connectivity index (χ1) is 9.02. The maximum absolute atomic E-state index is 11.6. The van der Waals surface area contributed by atoms with E-state index in [2.05, 4.69) is 0 Å². The molecule has 0 radical (unpaired) electrons. The zero-order valence-electron chi connectivity index (χ0n) is 10.7. The molecular weight excluding hydrogens is 298 g/mol. The number of rotatable bonds is 3. The molecule has 2 rings (SSSR count). The molecule has 1 nitrogen and oxygen atoms in total. The molecule has 0 aliphatic rings. The first-order valence-corrected chi connectivity index (χ1v) is 7.51. The van der Waals surface area contributed by atoms with Crippen LogP contribution in [0.2, 0.25) is 10.0 Å². The number of hydrogen-bond donors (Lipinski definition) is 0. The van der Waals surface area contributed by atoms with E-state index in [-0.39, 0.29) is 14.1 Å². The second-order valence-corrected chi connectivity index (χ2v) is 6.11. The van der Waals surface area contributed by atoms with Crippen molar-refractivity contribution in [2.24, 2.45) is 0 Å². The van der Waals surface area contributed by atoms with Crippen molar-refractivity contribution >= 4 is 31.7 Å². The van der Waals surface area contributed by atoms with Crippen LogP contribution in [0.3, 0.4) is 0 Å². The second kappa shape index (κ2) is 6.05. The molecule has 0 aliphatic carbocycles. The molecule has 0 spiro atoms. The Morgan fingerprint density at radius 2 is 1.32 bits per heavy atom. The standard InChI is InChI=1S/C15H13Cl2OP/c1-9-7-11(16)3-5-13(9)15(19-18)14-6-4-12(17)8-10(14)2/h3-8,15H,1-2H3. The summed E-state index contributed by atoms with van der Waals surface area (Å²) in [7, 11) is 0.0670. The van der Waals surface area contributed by atoms with Gasteiger partial charge in [-0.25, -0.2) is 0 Å². The first kappa shape index (κ1) is 14.5. The lowest BCUT2D eigenvalue weighted by Crippen LogP contribution is -1.99. The molecule has 0 N–H and O–H groups in total. The molecule has 2 aromatic rings. The number of halogens is 2. The van der Waals surface area contributed by atoms with Gasteiger partial charge in [-0.3, -0.25) is 4.57 Å². The maximum Gasteiger partial charge on any atom is 0.168 e. The smallest absolute Gasteiger partial charge is 0.168 e. The lowest BCUT2D eigenvalue weighted by molar-refractivity contribution is 0.595. The van der Waals surface area contributed by atoms with Gasteiger partial charge >= 0.3 is 0 Å². The number of benzene rings is 2. The zero-order chi connectivity index (χ0) is 14.0. The van der Waals surface area contributed by atoms with Crippen LogP contribution in [0.4, 0.5) is 0 Å². The Kier molecular flexibility index (Phi) is 4.62. The van der Waals surface area contributed by atoms with E-state index in [1.807, 2.05) is 50.2 Å². The fraction of sp³-hybridized carbons (Fsp3) is 0.200. The van der Waals surface area contributed by atoms with E-state index in [4.69, 9.17) is 23.2 Å². The summed E-state index contributed by atoms with van der Waals surface area (Å²) in [6.07, 6.45) is 0. The second-order valence-electron chi connectivity index (χ2n) is 4.51. The highest BCUT2D eigenvalue weighted by Gasteiger charge is 2.18. The van der Waals surface area contributed by atoms with E-state index in [0.717, 1.165) is 22.3 Å². The van der Waals surface area contributed by atoms with Gasteiger partial charge in [0.1, 0.15) is 0 Å². The topological polar surface area (TPSA) is 17.1 Å². The van der Waals surface area contributed by atoms with Crippen LogP contribution in [0.1, 0.15) is 27.9 Å². The van der Waals surface area contributed by atoms with Crippen molar-refractivity contribution in [3.63, 3.8) is 0 Å². The van der Waals surface area contributed by atoms with Crippen LogP contribution in [-0.4, -0.2) is 0 Å². The van der Waals surface area contributed by atoms with Crippen molar-refractivity contribution in [1.82, 2.24) is 0 Å². The zero-order valence-corrected chi connectivity index (χ0v) is 13.1. The third kappa shape index (κ3) is 3.17. The van der Waals surface area contributed by atoms with Crippen molar-refractivity contribution in [3.05, 3.63) is 68.7 Å². The largest absolute Gasteiger partial charge is 0.274 e. The van der Waals surface area contributed by atoms with Crippen molar-refractivity contribution in [2.75, 3.05) is 0 Å². The Bertz CT molecular complexity index is 574. The quantitative estimate of drug-likeness (QED) is 0.636. The molecule has 0 fully saturated rings. The summed E-state index contributed by atoms with van der Waals surface area (Å²) >= 11 is 11.9. The van der Waals surface area contributed by atoms with Crippen LogP contribution in [0.15, 0.2) is 36.4 Å². The molecule has 0 atom stereocenters. The van der Waals surface area contributed by atoms with E-state index >= 15 is 0 Å². The van der Waals surface area contributed by atoms with E-state index in [0.29, 0.717) is 10.0 Å². The fourth-order valence-corrected chi connectivity index (χ4v) is 3.43. The average molecular weight is 311 g/mol. The van der Waals surface area contributed by atoms with Crippen LogP contribution in [0.5, 0.6) is 0 Å². The summed E-state index contributed by atoms with van der Waals surface area (Å²) in [5.74, 6) is 0. The first-order valence-electron chi connectivity index (χ1n) is 5.87. The normalized spacial score (nSPS) is 11.2. The molecule has 0 heterocycles. The molecule has 19 heavy (non-hydrogen) atoms. The van der Waals surface area contributed by atoms with Gasteiger partial charge in [0.15, 0.2) is 8.46 Å². The molecule has 98 valence electrons. The molecular formula is C15H13Cl2OP. The Labute approximate surface area is 124 Å². The summed E-state index contributed by atoms with van der Waals surface area (Å²) in [4.78, 5) is 0. The lowest BCUT2D eigenvalue weighted by atomic mass is 9.97. The molecule has 0 saturated heterocycles. The van der Waals surface area contributed by atoms with E-state index in [1.165, 1.54) is 0 Å². The Morgan fingerprint density at radius 3 is 1.63 bits per heavy atom. The van der Waals surface area contributed by atoms with Gasteiger partial charge in [0.05, 0.1) is 5.66 Å². The number of hydrogen-bond acceptors (Lipinski definition) is 1. The van der Waals surface area contributed by atoms with E-state index in [1.54, 1.807) is 0 Å². The minimum absolute atomic E-state index is 0.0670. The summed E-state index contributed by atoms with van der Waals surface area (Å²) in [5.41, 5.74) is 3.93. The Balaban J connectivity index is 2.53. The van der Waals surface area contributed by atoms with Gasteiger partial charge in [-0.2, -0.15) is 0 Å². The highest BCUT2D eigenvalue weighted by Crippen LogP contribution is 2.38. The van der Waals surface area contributed by atoms with Crippen molar-refractivity contribution in [3.8, 4) is 0 Å². The molecule has 4 heteroatoms. The average Bonchev–Trinajstić information content (AvgIpc) is 2.34. The summed E-state index contributed by atoms with van der Waals surface area (Å²) in [5, 5.41) is 1.38. The molecule has 0 unspecified atom stereocenters. The van der Waals surface area contributed by atoms with Crippen LogP contribution in [0, 0.1) is 13.8 Å². The Morgan fingerprint density at radius 1 is 0.895 bits per heavy atom. The van der Waals surface area contributed by atoms with Gasteiger partial charge < -0.3 is 0 Å². The van der Waals surface area contributed by atoms with Crippen LogP contribution >= 0.6 is 31.7 Å². The third-order valence-electron chi connectivity index (χ3n) is 3.16. The summed E-state index contributed by atoms with van der Waals surface area (Å²) in [6, 6.07) is 11.3. The molecule has 0 amide bonds. The number of aryl methyl sites for hydroxylation is 2. The molecule has 0 saturated carbocycles. The van der Waals surface area contributed by atoms with Gasteiger partial charge in [0.25, 0.3) is 0 Å². The van der Waals surface area contributed by atoms with Gasteiger partial charge in [-0.15, -0.1) is 0 Å². The molecule has 2 aromatic carbocycles. The van der Waals surface area contributed by atoms with Gasteiger partial charge in [0.2, 0.25) is 0 Å². The summed E-state index contributed by atoms with van der Waals surface area (Å²) < 4.78 is 11.6. The predicted octanol–water partition coefficient (Wildman–Crippen LogP) is 5.99. The van der Waals surface area contributed by atoms with Crippen molar-refractivity contribution < 1.29 is 4.57 Å². The monoisotopic (exact) mass is 310 g/mol. The van der Waals surface area contributed by atoms with E-state index in [9.17, 15) is 4.57 Å². The third-order valence-corrected chi connectivity index (χ3v) is 4.40. The van der Waals surface area contributed by atoms with Gasteiger partial charge in [-0.05, 0) is 60.4 Å². The minimum atomic E-state index is -0.186. The van der Waals surface area contributed by atoms with Crippen LogP contribution < -0.4 is 0 Å². The van der Waals surface area contributed by atoms with E-state index < -0.39 is 0 Å². The predicted molar refractivity (Wildman–Crippen MR) is 81.8 cm³/mol. The Hall–Kier alpha value is -0.880. The van der Waals surface area contributed by atoms with Crippen LogP contribution in [-0.2, 0) is 4.57 Å². The van der Waals surface area contributed by atoms with Gasteiger partial charge in [0, 0.05) is 10.0 Å². The molecule has 0 bridgehead atoms. The SMILES string of the molecule is Cc1cc(Cl)ccc1C(P=O)c1ccc(Cl)cc1C. The maximum atomic E-state index is 11.6. The molecule has 0 aliphatic heterocycles. The molecule has 0 aromatic heterocycles. The minimum Gasteiger partial charge on any atom is -0.274 e. The lowest BCUT2D eigenvalue weighted by Gasteiger charge is -2.16. The van der Waals surface area contributed by atoms with Gasteiger partial charge in [-0.1, -0.05) is 35.3 Å². The van der Waals surface area contributed by atoms with Crippen molar-refractivity contribution in [2.45, 2.75) is 19.5 Å². The summed E-state index contributed by atoms with van der Waals surface area (Å²) in [6.45, 7) is 3.95. The van der Waals surface area contributed by atoms with Crippen LogP contribution in [0.25, 0.3) is 0 Å². The fourth-order valence-electron chi connectivity index (χ4n) is 2.17. The van der Waals surface area contributed by atoms with Crippen molar-refractivity contribution in [1.29, 1.82) is 0 Å². The highest BCUT2D eigenvalue weighted by atomic mass is 35.5. The highest BCUT2D eigenvalue weighted by molar-refractivity contribution is 7.24.